The van der Waals surface area contributed by atoms with Crippen LogP contribution >= 0.6 is 0 Å². The van der Waals surface area contributed by atoms with Gasteiger partial charge in [0.05, 0.1) is 6.10 Å². The predicted molar refractivity (Wildman–Crippen MR) is 46.6 cm³/mol. The molecular formula is C10H12FNO. The van der Waals surface area contributed by atoms with Gasteiger partial charge in [0.15, 0.2) is 0 Å². The zero-order valence-electron chi connectivity index (χ0n) is 7.50. The first-order valence-corrected chi connectivity index (χ1v) is 4.49. The van der Waals surface area contributed by atoms with Crippen LogP contribution in [-0.2, 0) is 0 Å². The Morgan fingerprint density at radius 1 is 1.62 bits per heavy atom. The molecule has 0 bridgehead atoms. The fourth-order valence-electron chi connectivity index (χ4n) is 1.51. The smallest absolute Gasteiger partial charge is 0.216 e. The van der Waals surface area contributed by atoms with Crippen molar-refractivity contribution in [3.63, 3.8) is 0 Å². The molecule has 3 heteroatoms. The van der Waals surface area contributed by atoms with Gasteiger partial charge in [0.25, 0.3) is 0 Å². The minimum absolute atomic E-state index is 0.334. The molecule has 0 amide bonds. The molecule has 70 valence electrons. The van der Waals surface area contributed by atoms with E-state index in [0.717, 1.165) is 12.8 Å². The lowest BCUT2D eigenvalue weighted by molar-refractivity contribution is 0.152. The van der Waals surface area contributed by atoms with Crippen LogP contribution in [0, 0.1) is 18.8 Å². The number of pyridine rings is 1. The molecule has 1 aliphatic carbocycles. The summed E-state index contributed by atoms with van der Waals surface area (Å²) in [4.78, 5) is 3.52. The number of aromatic nitrogens is 1. The average Bonchev–Trinajstić information content (AvgIpc) is 2.91. The normalized spacial score (nSPS) is 18.7. The van der Waals surface area contributed by atoms with Gasteiger partial charge in [0.1, 0.15) is 0 Å². The Kier molecular flexibility index (Phi) is 2.04. The van der Waals surface area contributed by atoms with Crippen LogP contribution in [0.15, 0.2) is 12.3 Å². The quantitative estimate of drug-likeness (QED) is 0.707. The third-order valence-corrected chi connectivity index (χ3v) is 2.57. The van der Waals surface area contributed by atoms with E-state index in [-0.39, 0.29) is 0 Å². The van der Waals surface area contributed by atoms with E-state index in [9.17, 15) is 9.50 Å². The third-order valence-electron chi connectivity index (χ3n) is 2.57. The zero-order chi connectivity index (χ0) is 9.42. The van der Waals surface area contributed by atoms with Crippen LogP contribution in [0.3, 0.4) is 0 Å². The van der Waals surface area contributed by atoms with Crippen molar-refractivity contribution in [3.8, 4) is 0 Å². The van der Waals surface area contributed by atoms with E-state index in [1.807, 2.05) is 0 Å². The van der Waals surface area contributed by atoms with Crippen LogP contribution in [0.5, 0.6) is 0 Å². The van der Waals surface area contributed by atoms with Crippen molar-refractivity contribution in [2.45, 2.75) is 25.9 Å². The summed E-state index contributed by atoms with van der Waals surface area (Å²) in [6, 6.07) is 1.70. The number of halogens is 1. The molecule has 1 aromatic heterocycles. The highest BCUT2D eigenvalue weighted by Crippen LogP contribution is 2.41. The Labute approximate surface area is 76.4 Å². The van der Waals surface area contributed by atoms with Gasteiger partial charge in [-0.05, 0) is 37.3 Å². The summed E-state index contributed by atoms with van der Waals surface area (Å²) in [6.45, 7) is 1.66. The molecule has 0 aromatic carbocycles. The van der Waals surface area contributed by atoms with Gasteiger partial charge < -0.3 is 5.11 Å². The van der Waals surface area contributed by atoms with Gasteiger partial charge >= 0.3 is 0 Å². The zero-order valence-corrected chi connectivity index (χ0v) is 7.50. The maximum atomic E-state index is 13.0. The molecule has 1 N–H and O–H groups in total. The minimum Gasteiger partial charge on any atom is -0.388 e. The van der Waals surface area contributed by atoms with Gasteiger partial charge in [-0.2, -0.15) is 4.39 Å². The number of rotatable bonds is 2. The van der Waals surface area contributed by atoms with E-state index < -0.39 is 12.1 Å². The first-order chi connectivity index (χ1) is 6.20. The molecule has 1 aliphatic rings. The number of aliphatic hydroxyl groups is 1. The summed E-state index contributed by atoms with van der Waals surface area (Å²) in [5.74, 6) is -0.141. The van der Waals surface area contributed by atoms with Crippen molar-refractivity contribution in [1.82, 2.24) is 4.98 Å². The second-order valence-electron chi connectivity index (χ2n) is 3.60. The highest BCUT2D eigenvalue weighted by atomic mass is 19.1. The van der Waals surface area contributed by atoms with Crippen molar-refractivity contribution in [2.24, 2.45) is 5.92 Å². The fourth-order valence-corrected chi connectivity index (χ4v) is 1.51. The van der Waals surface area contributed by atoms with Crippen LogP contribution in [0.25, 0.3) is 0 Å². The SMILES string of the molecule is Cc1c(C(O)C2CC2)ccnc1F. The van der Waals surface area contributed by atoms with Gasteiger partial charge in [-0.1, -0.05) is 0 Å². The minimum atomic E-state index is -0.502. The number of hydrogen-bond acceptors (Lipinski definition) is 2. The Hall–Kier alpha value is -0.960. The van der Waals surface area contributed by atoms with E-state index >= 15 is 0 Å². The Bertz CT molecular complexity index is 323. The van der Waals surface area contributed by atoms with Crippen LogP contribution < -0.4 is 0 Å². The second-order valence-corrected chi connectivity index (χ2v) is 3.60. The topological polar surface area (TPSA) is 33.1 Å². The van der Waals surface area contributed by atoms with Gasteiger partial charge in [0, 0.05) is 11.8 Å². The molecule has 1 saturated carbocycles. The van der Waals surface area contributed by atoms with Crippen molar-refractivity contribution in [3.05, 3.63) is 29.3 Å². The number of nitrogens with zero attached hydrogens (tertiary/aromatic N) is 1. The summed E-state index contributed by atoms with van der Waals surface area (Å²) in [6.07, 6.45) is 3.00. The Balaban J connectivity index is 2.32. The fraction of sp³-hybridized carbons (Fsp3) is 0.500. The summed E-state index contributed by atoms with van der Waals surface area (Å²) in [5, 5.41) is 9.77. The van der Waals surface area contributed by atoms with Crippen LogP contribution in [0.4, 0.5) is 4.39 Å². The monoisotopic (exact) mass is 181 g/mol. The van der Waals surface area contributed by atoms with Crippen molar-refractivity contribution in [1.29, 1.82) is 0 Å². The highest BCUT2D eigenvalue weighted by molar-refractivity contribution is 5.26. The molecule has 0 saturated heterocycles. The molecule has 0 radical (unpaired) electrons. The first-order valence-electron chi connectivity index (χ1n) is 4.49. The van der Waals surface area contributed by atoms with Crippen molar-refractivity contribution < 1.29 is 9.50 Å². The maximum Gasteiger partial charge on any atom is 0.216 e. The maximum absolute atomic E-state index is 13.0. The Morgan fingerprint density at radius 2 is 2.31 bits per heavy atom. The second kappa shape index (κ2) is 3.07. The average molecular weight is 181 g/mol. The predicted octanol–water partition coefficient (Wildman–Crippen LogP) is 1.97. The van der Waals surface area contributed by atoms with Crippen LogP contribution in [-0.4, -0.2) is 10.1 Å². The van der Waals surface area contributed by atoms with E-state index in [0.29, 0.717) is 17.0 Å². The first kappa shape index (κ1) is 8.63. The lowest BCUT2D eigenvalue weighted by atomic mass is 10.0. The summed E-state index contributed by atoms with van der Waals surface area (Å²) < 4.78 is 13.0. The molecular weight excluding hydrogens is 169 g/mol. The highest BCUT2D eigenvalue weighted by Gasteiger charge is 2.31. The standard InChI is InChI=1S/C10H12FNO/c1-6-8(4-5-12-10(6)11)9(13)7-2-3-7/h4-5,7,9,13H,2-3H2,1H3. The third kappa shape index (κ3) is 1.56. The van der Waals surface area contributed by atoms with Gasteiger partial charge in [-0.15, -0.1) is 0 Å². The molecule has 1 unspecified atom stereocenters. The lowest BCUT2D eigenvalue weighted by Crippen LogP contribution is -2.04. The van der Waals surface area contributed by atoms with E-state index in [2.05, 4.69) is 4.98 Å². The molecule has 2 nitrogen and oxygen atoms in total. The van der Waals surface area contributed by atoms with Gasteiger partial charge in [-0.25, -0.2) is 4.98 Å². The van der Waals surface area contributed by atoms with Crippen LogP contribution in [0.2, 0.25) is 0 Å². The molecule has 1 atom stereocenters. The van der Waals surface area contributed by atoms with Crippen molar-refractivity contribution in [2.75, 3.05) is 0 Å². The lowest BCUT2D eigenvalue weighted by Gasteiger charge is -2.12. The summed E-state index contributed by atoms with van der Waals surface area (Å²) in [5.41, 5.74) is 1.16. The molecule has 0 aliphatic heterocycles. The van der Waals surface area contributed by atoms with Crippen molar-refractivity contribution >= 4 is 0 Å². The van der Waals surface area contributed by atoms with Crippen LogP contribution in [0.1, 0.15) is 30.1 Å². The Morgan fingerprint density at radius 3 is 2.92 bits per heavy atom. The summed E-state index contributed by atoms with van der Waals surface area (Å²) >= 11 is 0. The van der Waals surface area contributed by atoms with Gasteiger partial charge in [-0.3, -0.25) is 0 Å². The van der Waals surface area contributed by atoms with E-state index in [1.165, 1.54) is 6.20 Å². The largest absolute Gasteiger partial charge is 0.388 e. The number of hydrogen-bond donors (Lipinski definition) is 1. The number of aliphatic hydroxyl groups excluding tert-OH is 1. The molecule has 1 heterocycles. The molecule has 13 heavy (non-hydrogen) atoms. The molecule has 0 spiro atoms. The van der Waals surface area contributed by atoms with E-state index in [4.69, 9.17) is 0 Å². The van der Waals surface area contributed by atoms with E-state index in [1.54, 1.807) is 13.0 Å². The van der Waals surface area contributed by atoms with Gasteiger partial charge in [0.2, 0.25) is 5.95 Å². The molecule has 1 fully saturated rings. The molecule has 2 rings (SSSR count). The molecule has 1 aromatic rings. The summed E-state index contributed by atoms with van der Waals surface area (Å²) in [7, 11) is 0.